The number of nitrogens with one attached hydrogen (secondary N) is 1. The lowest BCUT2D eigenvalue weighted by Gasteiger charge is -2.34. The van der Waals surface area contributed by atoms with Crippen LogP contribution >= 0.6 is 0 Å². The van der Waals surface area contributed by atoms with Gasteiger partial charge in [0.1, 0.15) is 6.26 Å². The molecule has 0 bridgehead atoms. The number of nitrogens with zero attached hydrogens (tertiary/aromatic N) is 3. The van der Waals surface area contributed by atoms with E-state index in [4.69, 9.17) is 4.42 Å². The fraction of sp³-hybridized carbons (Fsp3) is 0.312. The Hall–Kier alpha value is -2.83. The van der Waals surface area contributed by atoms with Gasteiger partial charge < -0.3 is 19.5 Å². The Labute approximate surface area is 133 Å². The van der Waals surface area contributed by atoms with Crippen molar-refractivity contribution in [1.82, 2.24) is 14.8 Å². The summed E-state index contributed by atoms with van der Waals surface area (Å²) < 4.78 is 5.26. The van der Waals surface area contributed by atoms with E-state index in [0.29, 0.717) is 37.8 Å². The SMILES string of the molecule is CC(=O)N1CCN(C(=O)Nc2cccc(-c3ncco3)c2)CC1. The summed E-state index contributed by atoms with van der Waals surface area (Å²) in [5.41, 5.74) is 1.48. The Bertz CT molecular complexity index is 691. The van der Waals surface area contributed by atoms with Crippen LogP contribution in [0.1, 0.15) is 6.92 Å². The number of aromatic nitrogens is 1. The molecule has 0 spiro atoms. The molecule has 0 aliphatic carbocycles. The number of piperazine rings is 1. The molecule has 0 radical (unpaired) electrons. The van der Waals surface area contributed by atoms with E-state index < -0.39 is 0 Å². The maximum atomic E-state index is 12.3. The number of amides is 3. The van der Waals surface area contributed by atoms with Crippen LogP contribution < -0.4 is 5.32 Å². The molecule has 2 heterocycles. The Morgan fingerprint density at radius 1 is 1.17 bits per heavy atom. The van der Waals surface area contributed by atoms with Gasteiger partial charge in [-0.2, -0.15) is 0 Å². The van der Waals surface area contributed by atoms with Crippen LogP contribution in [0.15, 0.2) is 41.1 Å². The molecule has 3 rings (SSSR count). The van der Waals surface area contributed by atoms with Crippen LogP contribution in [0, 0.1) is 0 Å². The number of rotatable bonds is 2. The summed E-state index contributed by atoms with van der Waals surface area (Å²) >= 11 is 0. The molecule has 0 atom stereocenters. The normalized spacial score (nSPS) is 14.7. The number of oxazole rings is 1. The monoisotopic (exact) mass is 314 g/mol. The number of urea groups is 1. The summed E-state index contributed by atoms with van der Waals surface area (Å²) in [6.07, 6.45) is 3.09. The molecule has 23 heavy (non-hydrogen) atoms. The standard InChI is InChI=1S/C16H18N4O3/c1-12(21)19-6-8-20(9-7-19)16(22)18-14-4-2-3-13(11-14)15-17-5-10-23-15/h2-5,10-11H,6-9H2,1H3,(H,18,22). The number of hydrogen-bond donors (Lipinski definition) is 1. The molecule has 1 aromatic carbocycles. The van der Waals surface area contributed by atoms with E-state index in [1.807, 2.05) is 24.3 Å². The van der Waals surface area contributed by atoms with Gasteiger partial charge in [0.15, 0.2) is 0 Å². The third-order valence-corrected chi connectivity index (χ3v) is 3.81. The fourth-order valence-electron chi connectivity index (χ4n) is 2.52. The van der Waals surface area contributed by atoms with Crippen molar-refractivity contribution in [3.8, 4) is 11.5 Å². The first-order chi connectivity index (χ1) is 11.1. The number of carbonyl (C=O) groups excluding carboxylic acids is 2. The number of anilines is 1. The largest absolute Gasteiger partial charge is 0.445 e. The molecule has 7 heteroatoms. The van der Waals surface area contributed by atoms with E-state index in [0.717, 1.165) is 5.56 Å². The lowest BCUT2D eigenvalue weighted by atomic mass is 10.2. The summed E-state index contributed by atoms with van der Waals surface area (Å²) in [7, 11) is 0. The lowest BCUT2D eigenvalue weighted by molar-refractivity contribution is -0.130. The molecule has 1 aliphatic rings. The minimum absolute atomic E-state index is 0.0451. The molecule has 0 saturated carbocycles. The maximum absolute atomic E-state index is 12.3. The summed E-state index contributed by atoms with van der Waals surface area (Å²) in [6, 6.07) is 7.17. The van der Waals surface area contributed by atoms with Gasteiger partial charge in [0.05, 0.1) is 6.20 Å². The predicted molar refractivity (Wildman–Crippen MR) is 84.8 cm³/mol. The van der Waals surface area contributed by atoms with Crippen LogP contribution in [-0.4, -0.2) is 52.9 Å². The van der Waals surface area contributed by atoms with Crippen molar-refractivity contribution in [2.45, 2.75) is 6.92 Å². The van der Waals surface area contributed by atoms with Crippen LogP contribution in [0.4, 0.5) is 10.5 Å². The van der Waals surface area contributed by atoms with Gasteiger partial charge in [-0.3, -0.25) is 4.79 Å². The van der Waals surface area contributed by atoms with Crippen molar-refractivity contribution in [1.29, 1.82) is 0 Å². The van der Waals surface area contributed by atoms with Crippen LogP contribution in [0.5, 0.6) is 0 Å². The van der Waals surface area contributed by atoms with Gasteiger partial charge in [-0.25, -0.2) is 9.78 Å². The van der Waals surface area contributed by atoms with Crippen LogP contribution in [0.25, 0.3) is 11.5 Å². The van der Waals surface area contributed by atoms with Crippen molar-refractivity contribution < 1.29 is 14.0 Å². The minimum Gasteiger partial charge on any atom is -0.445 e. The second kappa shape index (κ2) is 6.51. The zero-order valence-electron chi connectivity index (χ0n) is 12.9. The third-order valence-electron chi connectivity index (χ3n) is 3.81. The molecule has 120 valence electrons. The first-order valence-corrected chi connectivity index (χ1v) is 7.45. The second-order valence-corrected chi connectivity index (χ2v) is 5.34. The smallest absolute Gasteiger partial charge is 0.321 e. The molecule has 7 nitrogen and oxygen atoms in total. The quantitative estimate of drug-likeness (QED) is 0.920. The molecule has 1 saturated heterocycles. The molecule has 1 aromatic heterocycles. The number of benzene rings is 1. The summed E-state index contributed by atoms with van der Waals surface area (Å²) in [4.78, 5) is 31.2. The van der Waals surface area contributed by atoms with E-state index in [2.05, 4.69) is 10.3 Å². The van der Waals surface area contributed by atoms with E-state index in [-0.39, 0.29) is 11.9 Å². The van der Waals surface area contributed by atoms with Gasteiger partial charge in [0.25, 0.3) is 0 Å². The van der Waals surface area contributed by atoms with E-state index in [1.165, 1.54) is 6.26 Å². The maximum Gasteiger partial charge on any atom is 0.321 e. The topological polar surface area (TPSA) is 78.7 Å². The Morgan fingerprint density at radius 3 is 2.57 bits per heavy atom. The first-order valence-electron chi connectivity index (χ1n) is 7.45. The summed E-state index contributed by atoms with van der Waals surface area (Å²) in [5.74, 6) is 0.555. The third kappa shape index (κ3) is 3.50. The van der Waals surface area contributed by atoms with Crippen LogP contribution in [-0.2, 0) is 4.79 Å². The van der Waals surface area contributed by atoms with Gasteiger partial charge in [-0.1, -0.05) is 6.07 Å². The van der Waals surface area contributed by atoms with Crippen LogP contribution in [0.3, 0.4) is 0 Å². The van der Waals surface area contributed by atoms with Crippen LogP contribution in [0.2, 0.25) is 0 Å². The number of carbonyl (C=O) groups is 2. The fourth-order valence-corrected chi connectivity index (χ4v) is 2.52. The highest BCUT2D eigenvalue weighted by molar-refractivity contribution is 5.90. The minimum atomic E-state index is -0.169. The second-order valence-electron chi connectivity index (χ2n) is 5.34. The molecule has 3 amide bonds. The highest BCUT2D eigenvalue weighted by Crippen LogP contribution is 2.21. The molecule has 1 fully saturated rings. The van der Waals surface area contributed by atoms with Crippen molar-refractivity contribution >= 4 is 17.6 Å². The highest BCUT2D eigenvalue weighted by Gasteiger charge is 2.22. The predicted octanol–water partition coefficient (Wildman–Crippen LogP) is 2.04. The number of hydrogen-bond acceptors (Lipinski definition) is 4. The van der Waals surface area contributed by atoms with Crippen molar-refractivity contribution in [3.05, 3.63) is 36.7 Å². The molecule has 1 N–H and O–H groups in total. The first kappa shape index (κ1) is 15.1. The van der Waals surface area contributed by atoms with Gasteiger partial charge >= 0.3 is 6.03 Å². The van der Waals surface area contributed by atoms with E-state index in [1.54, 1.807) is 22.9 Å². The van der Waals surface area contributed by atoms with Crippen molar-refractivity contribution in [2.75, 3.05) is 31.5 Å². The molecule has 1 aliphatic heterocycles. The Kier molecular flexibility index (Phi) is 4.27. The Morgan fingerprint density at radius 2 is 1.91 bits per heavy atom. The molecular formula is C16H18N4O3. The summed E-state index contributed by atoms with van der Waals surface area (Å²) in [6.45, 7) is 3.75. The highest BCUT2D eigenvalue weighted by atomic mass is 16.3. The zero-order chi connectivity index (χ0) is 16.2. The average molecular weight is 314 g/mol. The average Bonchev–Trinajstić information content (AvgIpc) is 3.10. The lowest BCUT2D eigenvalue weighted by Crippen LogP contribution is -2.51. The van der Waals surface area contributed by atoms with E-state index in [9.17, 15) is 9.59 Å². The van der Waals surface area contributed by atoms with Crippen molar-refractivity contribution in [2.24, 2.45) is 0 Å². The Balaban J connectivity index is 1.62. The van der Waals surface area contributed by atoms with Gasteiger partial charge in [-0.05, 0) is 18.2 Å². The van der Waals surface area contributed by atoms with Gasteiger partial charge in [-0.15, -0.1) is 0 Å². The van der Waals surface area contributed by atoms with Crippen molar-refractivity contribution in [3.63, 3.8) is 0 Å². The van der Waals surface area contributed by atoms with E-state index >= 15 is 0 Å². The van der Waals surface area contributed by atoms with Gasteiger partial charge in [0.2, 0.25) is 11.8 Å². The zero-order valence-corrected chi connectivity index (χ0v) is 12.9. The molecular weight excluding hydrogens is 296 g/mol. The summed E-state index contributed by atoms with van der Waals surface area (Å²) in [5, 5.41) is 2.87. The molecule has 0 unspecified atom stereocenters. The van der Waals surface area contributed by atoms with Gasteiger partial charge in [0, 0.05) is 44.4 Å². The molecule has 2 aromatic rings.